The van der Waals surface area contributed by atoms with Crippen molar-refractivity contribution in [1.82, 2.24) is 8.43 Å². The molecule has 0 aliphatic carbocycles. The molecule has 0 fully saturated rings. The van der Waals surface area contributed by atoms with Gasteiger partial charge in [-0.1, -0.05) is 40.9 Å². The summed E-state index contributed by atoms with van der Waals surface area (Å²) in [4.78, 5) is 4.52. The molecule has 0 spiro atoms. The van der Waals surface area contributed by atoms with Crippen molar-refractivity contribution in [3.05, 3.63) is 58.1 Å². The molecule has 0 saturated carbocycles. The first-order valence-electron chi connectivity index (χ1n) is 8.20. The van der Waals surface area contributed by atoms with Gasteiger partial charge >= 0.3 is 0 Å². The third kappa shape index (κ3) is 6.20. The Morgan fingerprint density at radius 2 is 1.85 bits per heavy atom. The lowest BCUT2D eigenvalue weighted by Gasteiger charge is -2.24. The summed E-state index contributed by atoms with van der Waals surface area (Å²) in [6.45, 7) is 5.92. The first kappa shape index (κ1) is 22.2. The van der Waals surface area contributed by atoms with Crippen molar-refractivity contribution < 1.29 is 8.42 Å². The maximum absolute atomic E-state index is 12.8. The Morgan fingerprint density at radius 3 is 2.44 bits per heavy atom. The summed E-state index contributed by atoms with van der Waals surface area (Å²) in [7, 11) is -3.61. The smallest absolute Gasteiger partial charge is 0.253 e. The van der Waals surface area contributed by atoms with Crippen molar-refractivity contribution >= 4 is 57.3 Å². The Hall–Kier alpha value is -1.09. The van der Waals surface area contributed by atoms with E-state index in [2.05, 4.69) is 9.71 Å². The zero-order valence-corrected chi connectivity index (χ0v) is 18.3. The van der Waals surface area contributed by atoms with Crippen molar-refractivity contribution in [2.75, 3.05) is 6.54 Å². The van der Waals surface area contributed by atoms with Gasteiger partial charge in [-0.05, 0) is 51.1 Å². The molecule has 2 aromatic rings. The van der Waals surface area contributed by atoms with Gasteiger partial charge in [0.05, 0.1) is 15.6 Å². The molecule has 2 rings (SSSR count). The predicted octanol–water partition coefficient (Wildman–Crippen LogP) is 5.26. The average Bonchev–Trinajstić information content (AvgIpc) is 2.59. The van der Waals surface area contributed by atoms with Gasteiger partial charge in [-0.15, -0.1) is 3.71 Å². The molecule has 9 heteroatoms. The van der Waals surface area contributed by atoms with Gasteiger partial charge < -0.3 is 0 Å². The standard InChI is InChI=1S/C18H21Cl2N3O2S2/c1-13(2)23(27(24,25)16-7-4-14(3)5-8-16)26-22-11-10-21-18-9-6-15(19)12-17(18)20/h4-10,12-13,22H,11H2,1-3H3. The predicted molar refractivity (Wildman–Crippen MR) is 116 cm³/mol. The minimum Gasteiger partial charge on any atom is -0.258 e. The van der Waals surface area contributed by atoms with Crippen LogP contribution in [0, 0.1) is 6.92 Å². The monoisotopic (exact) mass is 445 g/mol. The van der Waals surface area contributed by atoms with Crippen LogP contribution in [0.2, 0.25) is 10.0 Å². The Kier molecular flexibility index (Phi) is 8.15. The van der Waals surface area contributed by atoms with E-state index in [4.69, 9.17) is 23.2 Å². The van der Waals surface area contributed by atoms with Crippen LogP contribution in [-0.4, -0.2) is 30.9 Å². The molecule has 146 valence electrons. The van der Waals surface area contributed by atoms with E-state index in [1.165, 1.54) is 3.71 Å². The molecule has 0 aromatic heterocycles. The van der Waals surface area contributed by atoms with Crippen molar-refractivity contribution in [2.24, 2.45) is 4.99 Å². The fourth-order valence-electron chi connectivity index (χ4n) is 2.11. The molecule has 1 N–H and O–H groups in total. The largest absolute Gasteiger partial charge is 0.258 e. The summed E-state index contributed by atoms with van der Waals surface area (Å²) in [5.41, 5.74) is 1.61. The fraction of sp³-hybridized carbons (Fsp3) is 0.278. The van der Waals surface area contributed by atoms with E-state index in [1.54, 1.807) is 48.7 Å². The second-order valence-electron chi connectivity index (χ2n) is 6.01. The lowest BCUT2D eigenvalue weighted by molar-refractivity contribution is 0.500. The molecule has 0 bridgehead atoms. The molecule has 5 nitrogen and oxygen atoms in total. The maximum Gasteiger partial charge on any atom is 0.253 e. The summed E-state index contributed by atoms with van der Waals surface area (Å²) in [5, 5.41) is 0.999. The number of aryl methyl sites for hydroxylation is 1. The van der Waals surface area contributed by atoms with Gasteiger partial charge in [0.25, 0.3) is 10.0 Å². The number of rotatable bonds is 8. The van der Waals surface area contributed by atoms with E-state index in [1.807, 2.05) is 20.8 Å². The number of sulfonamides is 1. The highest BCUT2D eigenvalue weighted by atomic mass is 35.5. The fourth-order valence-corrected chi connectivity index (χ4v) is 5.11. The molecule has 0 unspecified atom stereocenters. The van der Waals surface area contributed by atoms with Gasteiger partial charge in [0.1, 0.15) is 0 Å². The van der Waals surface area contributed by atoms with Gasteiger partial charge in [-0.2, -0.15) is 0 Å². The van der Waals surface area contributed by atoms with Gasteiger partial charge in [0, 0.05) is 36.0 Å². The SMILES string of the molecule is Cc1ccc(S(=O)(=O)N(SNCC=Nc2ccc(Cl)cc2Cl)C(C)C)cc1. The highest BCUT2D eigenvalue weighted by molar-refractivity contribution is 8.07. The highest BCUT2D eigenvalue weighted by Crippen LogP contribution is 2.27. The maximum atomic E-state index is 12.8. The minimum absolute atomic E-state index is 0.226. The van der Waals surface area contributed by atoms with Crippen LogP contribution in [0.15, 0.2) is 52.4 Å². The summed E-state index contributed by atoms with van der Waals surface area (Å²) in [5.74, 6) is 0. The molecule has 0 atom stereocenters. The first-order valence-corrected chi connectivity index (χ1v) is 11.2. The number of hydrogen-bond donors (Lipinski definition) is 1. The van der Waals surface area contributed by atoms with Gasteiger partial charge in [-0.25, -0.2) is 13.1 Å². The second-order valence-corrected chi connectivity index (χ2v) is 9.77. The summed E-state index contributed by atoms with van der Waals surface area (Å²) >= 11 is 12.9. The van der Waals surface area contributed by atoms with Crippen LogP contribution in [-0.2, 0) is 10.0 Å². The molecule has 0 saturated heterocycles. The molecule has 0 radical (unpaired) electrons. The number of benzene rings is 2. The molecule has 2 aromatic carbocycles. The van der Waals surface area contributed by atoms with Crippen LogP contribution in [0.25, 0.3) is 0 Å². The zero-order valence-electron chi connectivity index (χ0n) is 15.2. The van der Waals surface area contributed by atoms with E-state index in [0.717, 1.165) is 17.7 Å². The van der Waals surface area contributed by atoms with E-state index < -0.39 is 10.0 Å². The Bertz CT molecular complexity index is 901. The molecule has 0 aliphatic heterocycles. The Morgan fingerprint density at radius 1 is 1.19 bits per heavy atom. The van der Waals surface area contributed by atoms with Gasteiger partial charge in [0.2, 0.25) is 0 Å². The number of hydrogen-bond acceptors (Lipinski definition) is 5. The van der Waals surface area contributed by atoms with Gasteiger partial charge in [-0.3, -0.25) is 4.99 Å². The minimum atomic E-state index is -3.61. The number of aliphatic imine (C=N–C) groups is 1. The van der Waals surface area contributed by atoms with Gasteiger partial charge in [0.15, 0.2) is 0 Å². The second kappa shape index (κ2) is 9.91. The van der Waals surface area contributed by atoms with E-state index in [9.17, 15) is 8.42 Å². The molecular formula is C18H21Cl2N3O2S2. The van der Waals surface area contributed by atoms with Crippen molar-refractivity contribution in [2.45, 2.75) is 31.7 Å². The molecule has 0 heterocycles. The van der Waals surface area contributed by atoms with Crippen LogP contribution in [0.4, 0.5) is 5.69 Å². The molecule has 27 heavy (non-hydrogen) atoms. The van der Waals surface area contributed by atoms with Crippen molar-refractivity contribution in [3.63, 3.8) is 0 Å². The Balaban J connectivity index is 2.00. The highest BCUT2D eigenvalue weighted by Gasteiger charge is 2.27. The molecule has 0 aliphatic rings. The van der Waals surface area contributed by atoms with Crippen LogP contribution in [0.5, 0.6) is 0 Å². The number of halogens is 2. The average molecular weight is 446 g/mol. The van der Waals surface area contributed by atoms with Crippen molar-refractivity contribution in [3.8, 4) is 0 Å². The normalized spacial score (nSPS) is 12.4. The van der Waals surface area contributed by atoms with Crippen LogP contribution < -0.4 is 4.72 Å². The Labute approximate surface area is 175 Å². The van der Waals surface area contributed by atoms with Crippen LogP contribution in [0.1, 0.15) is 19.4 Å². The van der Waals surface area contributed by atoms with Crippen LogP contribution >= 0.6 is 35.3 Å². The van der Waals surface area contributed by atoms with E-state index in [-0.39, 0.29) is 10.9 Å². The number of nitrogens with zero attached hydrogens (tertiary/aromatic N) is 2. The third-order valence-corrected chi connectivity index (χ3v) is 7.46. The lowest BCUT2D eigenvalue weighted by atomic mass is 10.2. The summed E-state index contributed by atoms with van der Waals surface area (Å²) < 4.78 is 30.0. The topological polar surface area (TPSA) is 61.8 Å². The summed E-state index contributed by atoms with van der Waals surface area (Å²) in [6, 6.07) is 11.6. The molecular weight excluding hydrogens is 425 g/mol. The van der Waals surface area contributed by atoms with Crippen molar-refractivity contribution in [1.29, 1.82) is 0 Å². The quantitative estimate of drug-likeness (QED) is 0.342. The zero-order chi connectivity index (χ0) is 20.0. The lowest BCUT2D eigenvalue weighted by Crippen LogP contribution is -2.34. The van der Waals surface area contributed by atoms with Crippen LogP contribution in [0.3, 0.4) is 0 Å². The number of nitrogens with one attached hydrogen (secondary N) is 1. The summed E-state index contributed by atoms with van der Waals surface area (Å²) in [6.07, 6.45) is 1.62. The first-order chi connectivity index (χ1) is 12.7. The third-order valence-electron chi connectivity index (χ3n) is 3.45. The van der Waals surface area contributed by atoms with E-state index in [0.29, 0.717) is 22.3 Å². The molecule has 0 amide bonds. The van der Waals surface area contributed by atoms with E-state index >= 15 is 0 Å².